The Kier molecular flexibility index (Phi) is 4.35. The van der Waals surface area contributed by atoms with Crippen LogP contribution in [-0.4, -0.2) is 13.2 Å². The van der Waals surface area contributed by atoms with Gasteiger partial charge in [-0.2, -0.15) is 0 Å². The smallest absolute Gasteiger partial charge is 0.129 e. The molecule has 0 radical (unpaired) electrons. The van der Waals surface area contributed by atoms with Crippen LogP contribution in [0.3, 0.4) is 0 Å². The Hall–Kier alpha value is -1.22. The SMILES string of the molecule is CCOc1cc([C@@H](C)N)c(C)c(OCC)c1C1CC1. The summed E-state index contributed by atoms with van der Waals surface area (Å²) in [6.45, 7) is 9.49. The molecule has 1 fully saturated rings. The predicted octanol–water partition coefficient (Wildman–Crippen LogP) is 3.69. The van der Waals surface area contributed by atoms with Crippen molar-refractivity contribution in [3.63, 3.8) is 0 Å². The van der Waals surface area contributed by atoms with Crippen LogP contribution in [0.2, 0.25) is 0 Å². The third-order valence-electron chi connectivity index (χ3n) is 3.63. The Morgan fingerprint density at radius 3 is 2.37 bits per heavy atom. The van der Waals surface area contributed by atoms with E-state index in [0.29, 0.717) is 19.1 Å². The van der Waals surface area contributed by atoms with Crippen molar-refractivity contribution in [2.24, 2.45) is 5.73 Å². The van der Waals surface area contributed by atoms with Crippen molar-refractivity contribution in [3.8, 4) is 11.5 Å². The topological polar surface area (TPSA) is 44.5 Å². The molecule has 0 aromatic heterocycles. The summed E-state index contributed by atoms with van der Waals surface area (Å²) in [6, 6.07) is 2.10. The monoisotopic (exact) mass is 263 g/mol. The minimum absolute atomic E-state index is 0.00772. The highest BCUT2D eigenvalue weighted by atomic mass is 16.5. The molecule has 19 heavy (non-hydrogen) atoms. The van der Waals surface area contributed by atoms with Gasteiger partial charge < -0.3 is 15.2 Å². The van der Waals surface area contributed by atoms with Crippen molar-refractivity contribution in [2.75, 3.05) is 13.2 Å². The molecule has 1 aromatic carbocycles. The van der Waals surface area contributed by atoms with Crippen molar-refractivity contribution < 1.29 is 9.47 Å². The van der Waals surface area contributed by atoms with Gasteiger partial charge in [-0.25, -0.2) is 0 Å². The highest BCUT2D eigenvalue weighted by molar-refractivity contribution is 5.57. The normalized spacial score (nSPS) is 16.3. The number of rotatable bonds is 6. The predicted molar refractivity (Wildman–Crippen MR) is 78.1 cm³/mol. The van der Waals surface area contributed by atoms with Crippen LogP contribution in [0.1, 0.15) is 62.3 Å². The maximum atomic E-state index is 6.08. The molecule has 1 aliphatic rings. The third-order valence-corrected chi connectivity index (χ3v) is 3.63. The van der Waals surface area contributed by atoms with Gasteiger partial charge in [0.2, 0.25) is 0 Å². The van der Waals surface area contributed by atoms with Gasteiger partial charge in [0.25, 0.3) is 0 Å². The lowest BCUT2D eigenvalue weighted by molar-refractivity contribution is 0.314. The second kappa shape index (κ2) is 5.83. The van der Waals surface area contributed by atoms with E-state index in [4.69, 9.17) is 15.2 Å². The van der Waals surface area contributed by atoms with Gasteiger partial charge in [-0.05, 0) is 63.6 Å². The van der Waals surface area contributed by atoms with Crippen molar-refractivity contribution >= 4 is 0 Å². The largest absolute Gasteiger partial charge is 0.493 e. The molecular weight excluding hydrogens is 238 g/mol. The number of hydrogen-bond acceptors (Lipinski definition) is 3. The van der Waals surface area contributed by atoms with Crippen LogP contribution in [0.25, 0.3) is 0 Å². The van der Waals surface area contributed by atoms with E-state index in [1.165, 1.54) is 24.0 Å². The van der Waals surface area contributed by atoms with Crippen LogP contribution in [-0.2, 0) is 0 Å². The zero-order valence-corrected chi connectivity index (χ0v) is 12.5. The van der Waals surface area contributed by atoms with E-state index >= 15 is 0 Å². The third kappa shape index (κ3) is 2.86. The summed E-state index contributed by atoms with van der Waals surface area (Å²) in [5.74, 6) is 2.57. The summed E-state index contributed by atoms with van der Waals surface area (Å²) in [7, 11) is 0. The molecule has 0 unspecified atom stereocenters. The number of benzene rings is 1. The van der Waals surface area contributed by atoms with E-state index in [1.54, 1.807) is 0 Å². The fraction of sp³-hybridized carbons (Fsp3) is 0.625. The first-order valence-corrected chi connectivity index (χ1v) is 7.28. The van der Waals surface area contributed by atoms with Gasteiger partial charge in [0.05, 0.1) is 13.2 Å². The lowest BCUT2D eigenvalue weighted by Gasteiger charge is -2.21. The molecule has 1 saturated carbocycles. The molecular formula is C16H25NO2. The number of hydrogen-bond donors (Lipinski definition) is 1. The van der Waals surface area contributed by atoms with Gasteiger partial charge in [-0.15, -0.1) is 0 Å². The van der Waals surface area contributed by atoms with Gasteiger partial charge in [0, 0.05) is 11.6 Å². The zero-order chi connectivity index (χ0) is 14.0. The van der Waals surface area contributed by atoms with Gasteiger partial charge in [-0.1, -0.05) is 0 Å². The first-order chi connectivity index (χ1) is 9.10. The van der Waals surface area contributed by atoms with Crippen LogP contribution in [0.5, 0.6) is 11.5 Å². The van der Waals surface area contributed by atoms with Crippen LogP contribution in [0.4, 0.5) is 0 Å². The summed E-state index contributed by atoms with van der Waals surface area (Å²) in [5.41, 5.74) is 9.62. The Morgan fingerprint density at radius 2 is 1.89 bits per heavy atom. The van der Waals surface area contributed by atoms with E-state index < -0.39 is 0 Å². The fourth-order valence-electron chi connectivity index (χ4n) is 2.61. The maximum Gasteiger partial charge on any atom is 0.129 e. The van der Waals surface area contributed by atoms with Crippen LogP contribution >= 0.6 is 0 Å². The Balaban J connectivity index is 2.57. The van der Waals surface area contributed by atoms with Gasteiger partial charge in [0.15, 0.2) is 0 Å². The fourth-order valence-corrected chi connectivity index (χ4v) is 2.61. The lowest BCUT2D eigenvalue weighted by Crippen LogP contribution is -2.11. The highest BCUT2D eigenvalue weighted by Gasteiger charge is 2.32. The number of ether oxygens (including phenoxy) is 2. The molecule has 3 nitrogen and oxygen atoms in total. The average molecular weight is 263 g/mol. The molecule has 3 heteroatoms. The Labute approximate surface area is 116 Å². The molecule has 0 heterocycles. The lowest BCUT2D eigenvalue weighted by atomic mass is 9.95. The molecule has 0 amide bonds. The van der Waals surface area contributed by atoms with Crippen molar-refractivity contribution in [2.45, 2.75) is 52.5 Å². The molecule has 1 aliphatic carbocycles. The maximum absolute atomic E-state index is 6.08. The first-order valence-electron chi connectivity index (χ1n) is 7.28. The summed E-state index contributed by atoms with van der Waals surface area (Å²) in [6.07, 6.45) is 2.47. The van der Waals surface area contributed by atoms with E-state index in [9.17, 15) is 0 Å². The summed E-state index contributed by atoms with van der Waals surface area (Å²) in [5, 5.41) is 0. The minimum atomic E-state index is -0.00772. The first kappa shape index (κ1) is 14.2. The molecule has 0 spiro atoms. The zero-order valence-electron chi connectivity index (χ0n) is 12.5. The average Bonchev–Trinajstić information content (AvgIpc) is 3.17. The Bertz CT molecular complexity index is 451. The quantitative estimate of drug-likeness (QED) is 0.851. The second-order valence-corrected chi connectivity index (χ2v) is 5.26. The van der Waals surface area contributed by atoms with E-state index in [1.807, 2.05) is 20.8 Å². The van der Waals surface area contributed by atoms with Gasteiger partial charge in [-0.3, -0.25) is 0 Å². The molecule has 0 aliphatic heterocycles. The molecule has 2 rings (SSSR count). The van der Waals surface area contributed by atoms with Crippen molar-refractivity contribution in [1.29, 1.82) is 0 Å². The van der Waals surface area contributed by atoms with Crippen molar-refractivity contribution in [1.82, 2.24) is 0 Å². The summed E-state index contributed by atoms with van der Waals surface area (Å²) >= 11 is 0. The molecule has 1 aromatic rings. The standard InChI is InChI=1S/C16H25NO2/c1-5-18-14-9-13(11(4)17)10(3)16(19-6-2)15(14)12-7-8-12/h9,11-12H,5-8,17H2,1-4H3/t11-/m1/s1. The van der Waals surface area contributed by atoms with Crippen LogP contribution < -0.4 is 15.2 Å². The molecule has 2 N–H and O–H groups in total. The van der Waals surface area contributed by atoms with E-state index in [2.05, 4.69) is 13.0 Å². The van der Waals surface area contributed by atoms with E-state index in [-0.39, 0.29) is 6.04 Å². The molecule has 106 valence electrons. The Morgan fingerprint density at radius 1 is 1.26 bits per heavy atom. The van der Waals surface area contributed by atoms with Gasteiger partial charge in [0.1, 0.15) is 11.5 Å². The molecule has 0 bridgehead atoms. The van der Waals surface area contributed by atoms with E-state index in [0.717, 1.165) is 17.1 Å². The molecule has 0 saturated heterocycles. The molecule has 1 atom stereocenters. The highest BCUT2D eigenvalue weighted by Crippen LogP contribution is 2.51. The minimum Gasteiger partial charge on any atom is -0.493 e. The van der Waals surface area contributed by atoms with Crippen LogP contribution in [0, 0.1) is 6.92 Å². The second-order valence-electron chi connectivity index (χ2n) is 5.26. The number of nitrogens with two attached hydrogens (primary N) is 1. The summed E-state index contributed by atoms with van der Waals surface area (Å²) in [4.78, 5) is 0. The summed E-state index contributed by atoms with van der Waals surface area (Å²) < 4.78 is 11.7. The van der Waals surface area contributed by atoms with Crippen LogP contribution in [0.15, 0.2) is 6.07 Å². The van der Waals surface area contributed by atoms with Crippen molar-refractivity contribution in [3.05, 3.63) is 22.8 Å². The van der Waals surface area contributed by atoms with Gasteiger partial charge >= 0.3 is 0 Å².